The number of fused-ring (bicyclic) bond motifs is 5. The van der Waals surface area contributed by atoms with E-state index in [1.807, 2.05) is 6.08 Å². The smallest absolute Gasteiger partial charge is 0.303 e. The molecule has 6 atom stereocenters. The molecule has 0 spiro atoms. The molecular weight excluding hydrogens is 364 g/mol. The molecule has 3 unspecified atom stereocenters. The summed E-state index contributed by atoms with van der Waals surface area (Å²) in [7, 11) is 0. The monoisotopic (exact) mass is 396 g/mol. The lowest BCUT2D eigenvalue weighted by Gasteiger charge is -2.59. The van der Waals surface area contributed by atoms with E-state index in [0.717, 1.165) is 42.4 Å². The Morgan fingerprint density at radius 2 is 1.79 bits per heavy atom. The summed E-state index contributed by atoms with van der Waals surface area (Å²) in [4.78, 5) is 37.0. The van der Waals surface area contributed by atoms with Crippen LogP contribution in [0.5, 0.6) is 0 Å². The minimum absolute atomic E-state index is 0.0422. The first-order valence-electron chi connectivity index (χ1n) is 10.8. The summed E-state index contributed by atoms with van der Waals surface area (Å²) in [6.45, 7) is 15.9. The zero-order valence-electron chi connectivity index (χ0n) is 18.1. The quantitative estimate of drug-likeness (QED) is 0.500. The van der Waals surface area contributed by atoms with Crippen LogP contribution in [0.15, 0.2) is 36.0 Å². The number of Topliss-reactive ketones (excluding diaryl/α,β-unsaturated/α-hetero) is 1. The molecule has 0 aliphatic heterocycles. The Kier molecular flexibility index (Phi) is 4.39. The molecule has 4 nitrogen and oxygen atoms in total. The Bertz CT molecular complexity index is 879. The van der Waals surface area contributed by atoms with E-state index < -0.39 is 17.0 Å². The Balaban J connectivity index is 1.79. The van der Waals surface area contributed by atoms with E-state index >= 15 is 0 Å². The molecule has 0 saturated heterocycles. The fourth-order valence-electron chi connectivity index (χ4n) is 7.64. The largest absolute Gasteiger partial charge is 0.446 e. The number of rotatable bonds is 2. The molecule has 3 fully saturated rings. The van der Waals surface area contributed by atoms with Crippen molar-refractivity contribution >= 4 is 17.5 Å². The van der Waals surface area contributed by atoms with Gasteiger partial charge in [0.2, 0.25) is 0 Å². The first-order valence-corrected chi connectivity index (χ1v) is 10.8. The third-order valence-corrected chi connectivity index (χ3v) is 8.88. The third kappa shape index (κ3) is 2.47. The maximum Gasteiger partial charge on any atom is 0.303 e. The lowest BCUT2D eigenvalue weighted by atomic mass is 9.45. The molecule has 0 bridgehead atoms. The Hall–Kier alpha value is -1.97. The second-order valence-corrected chi connectivity index (χ2v) is 10.2. The molecule has 4 aliphatic carbocycles. The van der Waals surface area contributed by atoms with E-state index in [9.17, 15) is 14.4 Å². The molecule has 3 saturated carbocycles. The van der Waals surface area contributed by atoms with Crippen LogP contribution >= 0.6 is 0 Å². The second-order valence-electron chi connectivity index (χ2n) is 10.2. The van der Waals surface area contributed by atoms with Crippen LogP contribution in [0, 0.1) is 28.6 Å². The van der Waals surface area contributed by atoms with E-state index in [2.05, 4.69) is 27.0 Å². The van der Waals surface area contributed by atoms with Crippen LogP contribution in [-0.4, -0.2) is 23.1 Å². The highest BCUT2D eigenvalue weighted by molar-refractivity contribution is 5.93. The number of carbonyl (C=O) groups is 3. The van der Waals surface area contributed by atoms with Crippen molar-refractivity contribution < 1.29 is 19.1 Å². The summed E-state index contributed by atoms with van der Waals surface area (Å²) in [5, 5.41) is 0. The summed E-state index contributed by atoms with van der Waals surface area (Å²) >= 11 is 0. The molecule has 156 valence electrons. The summed E-state index contributed by atoms with van der Waals surface area (Å²) in [5.41, 5.74) is 1.22. The molecular formula is C25H32O4. The predicted molar refractivity (Wildman–Crippen MR) is 111 cm³/mol. The van der Waals surface area contributed by atoms with Crippen molar-refractivity contribution in [2.24, 2.45) is 28.6 Å². The summed E-state index contributed by atoms with van der Waals surface area (Å²) in [6, 6.07) is 0. The first-order chi connectivity index (χ1) is 13.5. The van der Waals surface area contributed by atoms with Gasteiger partial charge in [-0.1, -0.05) is 32.6 Å². The Morgan fingerprint density at radius 1 is 1.10 bits per heavy atom. The minimum atomic E-state index is -1.23. The van der Waals surface area contributed by atoms with Gasteiger partial charge in [-0.05, 0) is 79.4 Å². The Labute approximate surface area is 173 Å². The van der Waals surface area contributed by atoms with Crippen LogP contribution in [0.4, 0.5) is 0 Å². The molecule has 0 amide bonds. The molecule has 0 aromatic heterocycles. The second kappa shape index (κ2) is 6.26. The number of allylic oxidation sites excluding steroid dienone is 2. The lowest BCUT2D eigenvalue weighted by Crippen LogP contribution is -2.59. The minimum Gasteiger partial charge on any atom is -0.446 e. The van der Waals surface area contributed by atoms with E-state index in [-0.39, 0.29) is 22.9 Å². The third-order valence-electron chi connectivity index (χ3n) is 8.88. The average Bonchev–Trinajstić information content (AvgIpc) is 2.85. The number of hydrogen-bond acceptors (Lipinski definition) is 4. The van der Waals surface area contributed by atoms with Crippen LogP contribution in [0.25, 0.3) is 0 Å². The predicted octanol–water partition coefficient (Wildman–Crippen LogP) is 4.74. The maximum atomic E-state index is 12.9. The van der Waals surface area contributed by atoms with Gasteiger partial charge in [0.1, 0.15) is 0 Å². The zero-order chi connectivity index (χ0) is 21.4. The van der Waals surface area contributed by atoms with Crippen LogP contribution in [-0.2, 0) is 19.1 Å². The molecule has 4 aliphatic rings. The van der Waals surface area contributed by atoms with Gasteiger partial charge in [-0.15, -0.1) is 0 Å². The molecule has 0 heterocycles. The van der Waals surface area contributed by atoms with Crippen molar-refractivity contribution in [1.29, 1.82) is 0 Å². The molecule has 4 rings (SSSR count). The highest BCUT2D eigenvalue weighted by atomic mass is 16.6. The number of hydrogen-bond donors (Lipinski definition) is 0. The van der Waals surface area contributed by atoms with Gasteiger partial charge in [0.25, 0.3) is 0 Å². The van der Waals surface area contributed by atoms with E-state index in [0.29, 0.717) is 24.7 Å². The summed E-state index contributed by atoms with van der Waals surface area (Å²) in [6.07, 6.45) is 6.60. The number of esters is 1. The first kappa shape index (κ1) is 20.3. The van der Waals surface area contributed by atoms with Gasteiger partial charge in [-0.3, -0.25) is 14.4 Å². The molecule has 0 aromatic rings. The number of carbonyl (C=O) groups excluding carboxylic acids is 3. The zero-order valence-corrected chi connectivity index (χ0v) is 18.1. The van der Waals surface area contributed by atoms with Crippen molar-refractivity contribution in [3.05, 3.63) is 36.0 Å². The fourth-order valence-corrected chi connectivity index (χ4v) is 7.64. The van der Waals surface area contributed by atoms with Gasteiger partial charge in [0.15, 0.2) is 17.2 Å². The topological polar surface area (TPSA) is 60.4 Å². The highest BCUT2D eigenvalue weighted by Crippen LogP contribution is 2.69. The molecule has 0 N–H and O–H groups in total. The molecule has 0 aromatic carbocycles. The average molecular weight is 397 g/mol. The van der Waals surface area contributed by atoms with Crippen molar-refractivity contribution in [3.63, 3.8) is 0 Å². The van der Waals surface area contributed by atoms with Gasteiger partial charge < -0.3 is 4.74 Å². The van der Waals surface area contributed by atoms with Crippen LogP contribution in [0.1, 0.15) is 66.2 Å². The van der Waals surface area contributed by atoms with Crippen molar-refractivity contribution in [2.45, 2.75) is 71.8 Å². The Morgan fingerprint density at radius 3 is 2.41 bits per heavy atom. The number of ketones is 2. The summed E-state index contributed by atoms with van der Waals surface area (Å²) < 4.78 is 5.83. The SMILES string of the molecule is C=C1CC2C(CC[C@@]3(C)C2CC(=C)[C@]3(OC(C)=O)C(C)=O)[C@@]2(C)CCC(=O)C=C12. The maximum absolute atomic E-state index is 12.9. The summed E-state index contributed by atoms with van der Waals surface area (Å²) in [5.74, 6) is 0.665. The van der Waals surface area contributed by atoms with Crippen molar-refractivity contribution in [2.75, 3.05) is 0 Å². The van der Waals surface area contributed by atoms with Crippen molar-refractivity contribution in [1.82, 2.24) is 0 Å². The van der Waals surface area contributed by atoms with Gasteiger partial charge >= 0.3 is 5.97 Å². The molecule has 0 radical (unpaired) electrons. The van der Waals surface area contributed by atoms with E-state index in [1.165, 1.54) is 13.8 Å². The van der Waals surface area contributed by atoms with Crippen molar-refractivity contribution in [3.8, 4) is 0 Å². The lowest BCUT2D eigenvalue weighted by molar-refractivity contribution is -0.181. The normalized spacial score (nSPS) is 43.8. The van der Waals surface area contributed by atoms with Gasteiger partial charge in [-0.25, -0.2) is 0 Å². The fraction of sp³-hybridized carbons (Fsp3) is 0.640. The molecule has 29 heavy (non-hydrogen) atoms. The standard InChI is InChI=1S/C25H32O4/c1-14-11-19-20(23(5)9-7-18(28)13-21(14)23)8-10-24(6)22(19)12-15(2)25(24,16(3)26)29-17(4)27/h13,19-20,22H,1-2,7-12H2,3-6H3/t19?,20?,22?,23-,24+,25+/m1/s1. The molecule has 4 heteroatoms. The van der Waals surface area contributed by atoms with E-state index in [4.69, 9.17) is 4.74 Å². The van der Waals surface area contributed by atoms with Gasteiger partial charge in [0.05, 0.1) is 0 Å². The van der Waals surface area contributed by atoms with Crippen LogP contribution in [0.3, 0.4) is 0 Å². The van der Waals surface area contributed by atoms with E-state index in [1.54, 1.807) is 0 Å². The number of ether oxygens (including phenoxy) is 1. The van der Waals surface area contributed by atoms with Crippen LogP contribution in [0.2, 0.25) is 0 Å². The highest BCUT2D eigenvalue weighted by Gasteiger charge is 2.69. The van der Waals surface area contributed by atoms with Gasteiger partial charge in [-0.2, -0.15) is 0 Å². The van der Waals surface area contributed by atoms with Gasteiger partial charge in [0, 0.05) is 18.8 Å². The van der Waals surface area contributed by atoms with Crippen LogP contribution < -0.4 is 0 Å².